The number of hydrogen-bond acceptors (Lipinski definition) is 5. The zero-order chi connectivity index (χ0) is 34.4. The molecule has 244 valence electrons. The van der Waals surface area contributed by atoms with E-state index in [1.54, 1.807) is 0 Å². The van der Waals surface area contributed by atoms with Crippen LogP contribution >= 0.6 is 0 Å². The highest BCUT2D eigenvalue weighted by molar-refractivity contribution is 6.10. The third kappa shape index (κ3) is 5.22. The van der Waals surface area contributed by atoms with E-state index in [-0.39, 0.29) is 0 Å². The molecule has 0 fully saturated rings. The lowest BCUT2D eigenvalue weighted by atomic mass is 10.0. The van der Waals surface area contributed by atoms with E-state index in [0.29, 0.717) is 23.4 Å². The van der Waals surface area contributed by atoms with Crippen molar-refractivity contribution in [3.05, 3.63) is 176 Å². The van der Waals surface area contributed by atoms with Crippen molar-refractivity contribution in [3.63, 3.8) is 0 Å². The van der Waals surface area contributed by atoms with E-state index < -0.39 is 0 Å². The first-order valence-electron chi connectivity index (χ1n) is 17.2. The lowest BCUT2D eigenvalue weighted by Crippen LogP contribution is -2.00. The number of hydrogen-bond donors (Lipinski definition) is 0. The topological polar surface area (TPSA) is 69.6 Å². The molecule has 3 aromatic heterocycles. The average molecular weight is 668 g/mol. The first-order valence-corrected chi connectivity index (χ1v) is 17.2. The molecule has 0 saturated carbocycles. The molecule has 0 aliphatic heterocycles. The Morgan fingerprint density at radius 3 is 1.52 bits per heavy atom. The van der Waals surface area contributed by atoms with Crippen molar-refractivity contribution >= 4 is 32.9 Å². The Labute approximate surface area is 299 Å². The Hall–Kier alpha value is -7.18. The van der Waals surface area contributed by atoms with Gasteiger partial charge in [-0.3, -0.25) is 0 Å². The van der Waals surface area contributed by atoms with Gasteiger partial charge < -0.3 is 8.98 Å². The van der Waals surface area contributed by atoms with Crippen LogP contribution in [0.25, 0.3) is 95.3 Å². The highest BCUT2D eigenvalue weighted by atomic mass is 16.3. The summed E-state index contributed by atoms with van der Waals surface area (Å²) >= 11 is 0. The number of para-hydroxylation sites is 3. The molecule has 3 heterocycles. The fourth-order valence-electron chi connectivity index (χ4n) is 6.93. The molecule has 52 heavy (non-hydrogen) atoms. The number of aromatic nitrogens is 5. The highest BCUT2D eigenvalue weighted by Crippen LogP contribution is 2.36. The van der Waals surface area contributed by atoms with Crippen LogP contribution in [0.1, 0.15) is 0 Å². The van der Waals surface area contributed by atoms with Gasteiger partial charge in [0.25, 0.3) is 0 Å². The molecule has 0 radical (unpaired) electrons. The molecule has 0 N–H and O–H groups in total. The van der Waals surface area contributed by atoms with Gasteiger partial charge in [0.2, 0.25) is 5.89 Å². The Morgan fingerprint density at radius 2 is 0.865 bits per heavy atom. The van der Waals surface area contributed by atoms with Crippen molar-refractivity contribution in [2.75, 3.05) is 0 Å². The maximum absolute atomic E-state index is 6.11. The molecule has 0 saturated heterocycles. The third-order valence-electron chi connectivity index (χ3n) is 9.51. The van der Waals surface area contributed by atoms with Gasteiger partial charge in [-0.1, -0.05) is 127 Å². The standard InChI is InChI=1S/C46H29N5O/c1-3-11-32(12-4-1)43-48-44(33-13-5-2-6-14-33)50-45(49-43)34-21-19-30(20-22-34)31-23-26-36(27-24-31)51-40-17-9-7-15-37(40)38-29-35(25-28-41(38)51)46-47-39-16-8-10-18-42(39)52-46/h1-29H. The van der Waals surface area contributed by atoms with Crippen LogP contribution in [0.3, 0.4) is 0 Å². The molecular weight excluding hydrogens is 639 g/mol. The fraction of sp³-hybridized carbons (Fsp3) is 0. The summed E-state index contributed by atoms with van der Waals surface area (Å²) in [5.74, 6) is 2.56. The van der Waals surface area contributed by atoms with Crippen LogP contribution in [0, 0.1) is 0 Å². The molecule has 7 aromatic carbocycles. The van der Waals surface area contributed by atoms with Crippen LogP contribution in [-0.4, -0.2) is 24.5 Å². The van der Waals surface area contributed by atoms with Crippen LogP contribution in [0.2, 0.25) is 0 Å². The van der Waals surface area contributed by atoms with Crippen LogP contribution in [0.4, 0.5) is 0 Å². The summed E-state index contributed by atoms with van der Waals surface area (Å²) in [7, 11) is 0. The van der Waals surface area contributed by atoms with Crippen molar-refractivity contribution < 1.29 is 4.42 Å². The number of rotatable bonds is 6. The van der Waals surface area contributed by atoms with Crippen molar-refractivity contribution in [1.29, 1.82) is 0 Å². The molecule has 0 atom stereocenters. The van der Waals surface area contributed by atoms with E-state index in [4.69, 9.17) is 24.4 Å². The molecule has 6 nitrogen and oxygen atoms in total. The Kier molecular flexibility index (Phi) is 7.03. The van der Waals surface area contributed by atoms with Crippen LogP contribution in [0.15, 0.2) is 180 Å². The summed E-state index contributed by atoms with van der Waals surface area (Å²) in [5, 5.41) is 2.33. The summed E-state index contributed by atoms with van der Waals surface area (Å²) in [4.78, 5) is 19.4. The summed E-state index contributed by atoms with van der Waals surface area (Å²) in [6.07, 6.45) is 0. The fourth-order valence-corrected chi connectivity index (χ4v) is 6.93. The number of fused-ring (bicyclic) bond motifs is 4. The van der Waals surface area contributed by atoms with Gasteiger partial charge in [-0.15, -0.1) is 0 Å². The van der Waals surface area contributed by atoms with Crippen molar-refractivity contribution in [1.82, 2.24) is 24.5 Å². The highest BCUT2D eigenvalue weighted by Gasteiger charge is 2.16. The van der Waals surface area contributed by atoms with Gasteiger partial charge in [-0.2, -0.15) is 0 Å². The van der Waals surface area contributed by atoms with Gasteiger partial charge in [0, 0.05) is 38.7 Å². The van der Waals surface area contributed by atoms with Crippen molar-refractivity contribution in [3.8, 4) is 62.4 Å². The second kappa shape index (κ2) is 12.3. The minimum Gasteiger partial charge on any atom is -0.436 e. The van der Waals surface area contributed by atoms with Crippen LogP contribution < -0.4 is 0 Å². The number of oxazole rings is 1. The first kappa shape index (κ1) is 29.7. The lowest BCUT2D eigenvalue weighted by molar-refractivity contribution is 0.620. The van der Waals surface area contributed by atoms with Gasteiger partial charge in [0.15, 0.2) is 23.1 Å². The summed E-state index contributed by atoms with van der Waals surface area (Å²) in [6, 6.07) is 60.1. The minimum absolute atomic E-state index is 0.624. The first-order chi connectivity index (χ1) is 25.7. The quantitative estimate of drug-likeness (QED) is 0.176. The van der Waals surface area contributed by atoms with Gasteiger partial charge >= 0.3 is 0 Å². The third-order valence-corrected chi connectivity index (χ3v) is 9.51. The predicted molar refractivity (Wildman–Crippen MR) is 209 cm³/mol. The van der Waals surface area contributed by atoms with Gasteiger partial charge in [0.1, 0.15) is 5.52 Å². The molecule has 0 spiro atoms. The zero-order valence-corrected chi connectivity index (χ0v) is 27.9. The Morgan fingerprint density at radius 1 is 0.365 bits per heavy atom. The normalized spacial score (nSPS) is 11.5. The van der Waals surface area contributed by atoms with Gasteiger partial charge in [-0.05, 0) is 59.7 Å². The van der Waals surface area contributed by atoms with E-state index >= 15 is 0 Å². The largest absolute Gasteiger partial charge is 0.436 e. The van der Waals surface area contributed by atoms with Crippen LogP contribution in [0.5, 0.6) is 0 Å². The minimum atomic E-state index is 0.624. The van der Waals surface area contributed by atoms with E-state index in [9.17, 15) is 0 Å². The second-order valence-electron chi connectivity index (χ2n) is 12.7. The molecule has 0 aliphatic rings. The Bertz CT molecular complexity index is 2790. The van der Waals surface area contributed by atoms with Crippen molar-refractivity contribution in [2.45, 2.75) is 0 Å². The molecule has 0 unspecified atom stereocenters. The smallest absolute Gasteiger partial charge is 0.227 e. The van der Waals surface area contributed by atoms with E-state index in [1.165, 1.54) is 5.39 Å². The van der Waals surface area contributed by atoms with E-state index in [2.05, 4.69) is 95.6 Å². The SMILES string of the molecule is c1ccc(-c2nc(-c3ccccc3)nc(-c3ccc(-c4ccc(-n5c6ccccc6c6cc(-c7nc8ccccc8o7)ccc65)cc4)cc3)n2)cc1. The summed E-state index contributed by atoms with van der Waals surface area (Å²) < 4.78 is 8.44. The number of benzene rings is 7. The molecule has 0 amide bonds. The van der Waals surface area contributed by atoms with Gasteiger partial charge in [-0.25, -0.2) is 19.9 Å². The van der Waals surface area contributed by atoms with Gasteiger partial charge in [0.05, 0.1) is 11.0 Å². The van der Waals surface area contributed by atoms with E-state index in [0.717, 1.165) is 66.6 Å². The maximum atomic E-state index is 6.11. The predicted octanol–water partition coefficient (Wildman–Crippen LogP) is 11.4. The van der Waals surface area contributed by atoms with Crippen molar-refractivity contribution in [2.24, 2.45) is 0 Å². The maximum Gasteiger partial charge on any atom is 0.227 e. The summed E-state index contributed by atoms with van der Waals surface area (Å²) in [5.41, 5.74) is 11.0. The Balaban J connectivity index is 0.987. The molecular formula is C46H29N5O. The lowest BCUT2D eigenvalue weighted by Gasteiger charge is -2.11. The molecule has 10 rings (SSSR count). The summed E-state index contributed by atoms with van der Waals surface area (Å²) in [6.45, 7) is 0. The zero-order valence-electron chi connectivity index (χ0n) is 27.9. The monoisotopic (exact) mass is 667 g/mol. The molecule has 10 aromatic rings. The molecule has 0 bridgehead atoms. The second-order valence-corrected chi connectivity index (χ2v) is 12.7. The number of nitrogens with zero attached hydrogens (tertiary/aromatic N) is 5. The van der Waals surface area contributed by atoms with E-state index in [1.807, 2.05) is 84.9 Å². The average Bonchev–Trinajstić information content (AvgIpc) is 3.81. The van der Waals surface area contributed by atoms with Crippen LogP contribution in [-0.2, 0) is 0 Å². The molecule has 0 aliphatic carbocycles. The molecule has 6 heteroatoms.